The van der Waals surface area contributed by atoms with Gasteiger partial charge in [-0.15, -0.1) is 10.2 Å². The number of ether oxygens (including phenoxy) is 1. The highest BCUT2D eigenvalue weighted by atomic mass is 35.5. The first-order valence-electron chi connectivity index (χ1n) is 10.0. The monoisotopic (exact) mass is 512 g/mol. The SMILES string of the molecule is CCn1c(COc2ccc(C(C)C)cc2)nnc1SCC(=O)Nc1cc(Cl)c(Cl)cc1Cl. The fraction of sp³-hybridized carbons (Fsp3) is 0.318. The minimum Gasteiger partial charge on any atom is -0.486 e. The Balaban J connectivity index is 1.58. The predicted molar refractivity (Wildman–Crippen MR) is 131 cm³/mol. The molecule has 0 spiro atoms. The molecule has 0 fully saturated rings. The van der Waals surface area contributed by atoms with Crippen LogP contribution in [0.4, 0.5) is 5.69 Å². The van der Waals surface area contributed by atoms with Crippen LogP contribution in [0.1, 0.15) is 38.1 Å². The standard InChI is InChI=1S/C22H23Cl3N4O2S/c1-4-29-20(11-31-15-7-5-14(6-8-15)13(2)3)27-28-22(29)32-12-21(30)26-19-10-17(24)16(23)9-18(19)25/h5-10,13H,4,11-12H2,1-3H3,(H,26,30). The smallest absolute Gasteiger partial charge is 0.234 e. The van der Waals surface area contributed by atoms with E-state index in [0.717, 1.165) is 5.75 Å². The average molecular weight is 514 g/mol. The lowest BCUT2D eigenvalue weighted by Crippen LogP contribution is -2.15. The van der Waals surface area contributed by atoms with E-state index in [-0.39, 0.29) is 18.3 Å². The number of hydrogen-bond donors (Lipinski definition) is 1. The number of thioether (sulfide) groups is 1. The van der Waals surface area contributed by atoms with E-state index in [1.807, 2.05) is 23.6 Å². The Labute approximate surface area is 206 Å². The van der Waals surface area contributed by atoms with Crippen LogP contribution >= 0.6 is 46.6 Å². The highest BCUT2D eigenvalue weighted by molar-refractivity contribution is 7.99. The second-order valence-corrected chi connectivity index (χ2v) is 9.40. The Morgan fingerprint density at radius 3 is 2.44 bits per heavy atom. The van der Waals surface area contributed by atoms with Crippen LogP contribution in [0.2, 0.25) is 15.1 Å². The molecule has 2 aromatic carbocycles. The van der Waals surface area contributed by atoms with Crippen molar-refractivity contribution in [3.05, 3.63) is 62.9 Å². The van der Waals surface area contributed by atoms with Crippen LogP contribution in [0.15, 0.2) is 41.6 Å². The van der Waals surface area contributed by atoms with Crippen LogP contribution in [0.25, 0.3) is 0 Å². The number of halogens is 3. The van der Waals surface area contributed by atoms with Gasteiger partial charge in [-0.3, -0.25) is 4.79 Å². The molecule has 0 radical (unpaired) electrons. The van der Waals surface area contributed by atoms with Gasteiger partial charge in [-0.2, -0.15) is 0 Å². The number of nitrogens with one attached hydrogen (secondary N) is 1. The highest BCUT2D eigenvalue weighted by Crippen LogP contribution is 2.32. The summed E-state index contributed by atoms with van der Waals surface area (Å²) in [6, 6.07) is 11.0. The Morgan fingerprint density at radius 1 is 1.09 bits per heavy atom. The third-order valence-electron chi connectivity index (χ3n) is 4.64. The Hall–Kier alpha value is -1.93. The predicted octanol–water partition coefficient (Wildman–Crippen LogP) is 6.69. The summed E-state index contributed by atoms with van der Waals surface area (Å²) in [5, 5.41) is 12.8. The highest BCUT2D eigenvalue weighted by Gasteiger charge is 2.15. The van der Waals surface area contributed by atoms with E-state index in [2.05, 4.69) is 41.5 Å². The summed E-state index contributed by atoms with van der Waals surface area (Å²) in [6.07, 6.45) is 0. The number of hydrogen-bond acceptors (Lipinski definition) is 5. The van der Waals surface area contributed by atoms with Crippen LogP contribution in [0.3, 0.4) is 0 Å². The molecular weight excluding hydrogens is 491 g/mol. The first-order valence-corrected chi connectivity index (χ1v) is 12.1. The lowest BCUT2D eigenvalue weighted by Gasteiger charge is -2.11. The van der Waals surface area contributed by atoms with Crippen LogP contribution in [0.5, 0.6) is 5.75 Å². The number of benzene rings is 2. The first kappa shape index (κ1) is 24.7. The Kier molecular flexibility index (Phi) is 8.71. The zero-order valence-corrected chi connectivity index (χ0v) is 20.9. The molecule has 3 aromatic rings. The molecule has 170 valence electrons. The molecule has 32 heavy (non-hydrogen) atoms. The minimum atomic E-state index is -0.246. The molecule has 10 heteroatoms. The lowest BCUT2D eigenvalue weighted by atomic mass is 10.0. The summed E-state index contributed by atoms with van der Waals surface area (Å²) < 4.78 is 7.79. The molecule has 1 N–H and O–H groups in total. The molecule has 3 rings (SSSR count). The van der Waals surface area contributed by atoms with Crippen molar-refractivity contribution in [1.29, 1.82) is 0 Å². The van der Waals surface area contributed by atoms with Gasteiger partial charge in [0.15, 0.2) is 11.0 Å². The van der Waals surface area contributed by atoms with E-state index in [0.29, 0.717) is 44.2 Å². The largest absolute Gasteiger partial charge is 0.486 e. The van der Waals surface area contributed by atoms with Gasteiger partial charge in [-0.1, -0.05) is 72.5 Å². The van der Waals surface area contributed by atoms with Gasteiger partial charge in [0.05, 0.1) is 26.5 Å². The van der Waals surface area contributed by atoms with Gasteiger partial charge in [-0.05, 0) is 42.7 Å². The summed E-state index contributed by atoms with van der Waals surface area (Å²) in [7, 11) is 0. The van der Waals surface area contributed by atoms with Gasteiger partial charge in [0.1, 0.15) is 12.4 Å². The molecule has 1 amide bonds. The third-order valence-corrected chi connectivity index (χ3v) is 6.64. The maximum Gasteiger partial charge on any atom is 0.234 e. The number of aromatic nitrogens is 3. The summed E-state index contributed by atoms with van der Waals surface area (Å²) >= 11 is 19.3. The molecule has 0 aliphatic carbocycles. The number of anilines is 1. The normalized spacial score (nSPS) is 11.1. The number of amides is 1. The van der Waals surface area contributed by atoms with Gasteiger partial charge >= 0.3 is 0 Å². The molecule has 1 heterocycles. The van der Waals surface area contributed by atoms with E-state index < -0.39 is 0 Å². The van der Waals surface area contributed by atoms with Crippen molar-refractivity contribution in [3.63, 3.8) is 0 Å². The van der Waals surface area contributed by atoms with Crippen molar-refractivity contribution < 1.29 is 9.53 Å². The number of carbonyl (C=O) groups is 1. The fourth-order valence-corrected chi connectivity index (χ4v) is 4.30. The summed E-state index contributed by atoms with van der Waals surface area (Å²) in [5.41, 5.74) is 1.66. The molecule has 0 aliphatic rings. The molecular formula is C22H23Cl3N4O2S. The topological polar surface area (TPSA) is 69.0 Å². The van der Waals surface area contributed by atoms with E-state index in [9.17, 15) is 4.79 Å². The molecule has 1 aromatic heterocycles. The van der Waals surface area contributed by atoms with Crippen molar-refractivity contribution >= 4 is 58.2 Å². The molecule has 0 saturated carbocycles. The van der Waals surface area contributed by atoms with Crippen molar-refractivity contribution in [2.75, 3.05) is 11.1 Å². The van der Waals surface area contributed by atoms with Crippen molar-refractivity contribution in [2.45, 2.75) is 45.0 Å². The van der Waals surface area contributed by atoms with Gasteiger partial charge in [0.25, 0.3) is 0 Å². The van der Waals surface area contributed by atoms with Crippen LogP contribution < -0.4 is 10.1 Å². The number of nitrogens with zero attached hydrogens (tertiary/aromatic N) is 3. The van der Waals surface area contributed by atoms with Gasteiger partial charge in [0, 0.05) is 6.54 Å². The molecule has 0 saturated heterocycles. The third kappa shape index (κ3) is 6.32. The molecule has 0 aliphatic heterocycles. The zero-order chi connectivity index (χ0) is 23.3. The Bertz CT molecular complexity index is 1090. The van der Waals surface area contributed by atoms with Crippen LogP contribution in [0, 0.1) is 0 Å². The van der Waals surface area contributed by atoms with Crippen LogP contribution in [-0.2, 0) is 17.9 Å². The lowest BCUT2D eigenvalue weighted by molar-refractivity contribution is -0.113. The average Bonchev–Trinajstić information content (AvgIpc) is 3.16. The molecule has 6 nitrogen and oxygen atoms in total. The van der Waals surface area contributed by atoms with Gasteiger partial charge < -0.3 is 14.6 Å². The fourth-order valence-electron chi connectivity index (χ4n) is 2.88. The zero-order valence-electron chi connectivity index (χ0n) is 17.9. The molecule has 0 unspecified atom stereocenters. The van der Waals surface area contributed by atoms with Crippen LogP contribution in [-0.4, -0.2) is 26.4 Å². The Morgan fingerprint density at radius 2 is 1.78 bits per heavy atom. The van der Waals surface area contributed by atoms with E-state index in [1.165, 1.54) is 29.5 Å². The number of rotatable bonds is 9. The van der Waals surface area contributed by atoms with E-state index in [4.69, 9.17) is 39.5 Å². The summed E-state index contributed by atoms with van der Waals surface area (Å²) in [4.78, 5) is 12.4. The summed E-state index contributed by atoms with van der Waals surface area (Å²) in [6.45, 7) is 7.23. The van der Waals surface area contributed by atoms with Crippen molar-refractivity contribution in [3.8, 4) is 5.75 Å². The summed E-state index contributed by atoms with van der Waals surface area (Å²) in [5.74, 6) is 1.82. The molecule has 0 bridgehead atoms. The van der Waals surface area contributed by atoms with E-state index >= 15 is 0 Å². The van der Waals surface area contributed by atoms with Gasteiger partial charge in [0.2, 0.25) is 5.91 Å². The maximum atomic E-state index is 12.4. The maximum absolute atomic E-state index is 12.4. The van der Waals surface area contributed by atoms with Gasteiger partial charge in [-0.25, -0.2) is 0 Å². The second kappa shape index (κ2) is 11.3. The molecule has 0 atom stereocenters. The first-order chi connectivity index (χ1) is 15.3. The van der Waals surface area contributed by atoms with E-state index in [1.54, 1.807) is 0 Å². The number of carbonyl (C=O) groups excluding carboxylic acids is 1. The van der Waals surface area contributed by atoms with Crippen molar-refractivity contribution in [2.24, 2.45) is 0 Å². The van der Waals surface area contributed by atoms with Crippen molar-refractivity contribution in [1.82, 2.24) is 14.8 Å². The second-order valence-electron chi connectivity index (χ2n) is 7.24. The minimum absolute atomic E-state index is 0.131. The quantitative estimate of drug-likeness (QED) is 0.255.